The van der Waals surface area contributed by atoms with Gasteiger partial charge >= 0.3 is 0 Å². The van der Waals surface area contributed by atoms with Gasteiger partial charge in [-0.1, -0.05) is 12.1 Å². The molecular formula is C16H20N4OS. The first-order chi connectivity index (χ1) is 10.7. The van der Waals surface area contributed by atoms with Crippen LogP contribution in [0, 0.1) is 0 Å². The van der Waals surface area contributed by atoms with Crippen molar-refractivity contribution in [3.05, 3.63) is 36.7 Å². The van der Waals surface area contributed by atoms with Crippen LogP contribution in [0.25, 0.3) is 0 Å². The lowest BCUT2D eigenvalue weighted by atomic mass is 10.2. The third kappa shape index (κ3) is 2.97. The fraction of sp³-hybridized carbons (Fsp3) is 0.375. The number of fused-ring (bicyclic) bond motifs is 1. The molecule has 1 aliphatic rings. The van der Waals surface area contributed by atoms with E-state index in [1.165, 1.54) is 4.90 Å². The zero-order valence-electron chi connectivity index (χ0n) is 12.8. The SMILES string of the molecule is CCn1cc(N[C@H](C)C(=O)N2CCSc3ccccc32)cn1. The molecule has 0 bridgehead atoms. The van der Waals surface area contributed by atoms with E-state index < -0.39 is 0 Å². The second kappa shape index (κ2) is 6.44. The summed E-state index contributed by atoms with van der Waals surface area (Å²) in [5, 5.41) is 7.46. The van der Waals surface area contributed by atoms with Crippen molar-refractivity contribution in [2.24, 2.45) is 0 Å². The summed E-state index contributed by atoms with van der Waals surface area (Å²) in [4.78, 5) is 15.8. The highest BCUT2D eigenvalue weighted by Gasteiger charge is 2.26. The number of nitrogens with zero attached hydrogens (tertiary/aromatic N) is 3. The number of anilines is 2. The van der Waals surface area contributed by atoms with Gasteiger partial charge in [0.05, 0.1) is 17.6 Å². The Labute approximate surface area is 134 Å². The first-order valence-corrected chi connectivity index (χ1v) is 8.50. The van der Waals surface area contributed by atoms with E-state index in [9.17, 15) is 4.79 Å². The number of amides is 1. The molecule has 1 aromatic heterocycles. The van der Waals surface area contributed by atoms with Crippen molar-refractivity contribution in [2.45, 2.75) is 31.3 Å². The molecule has 2 heterocycles. The van der Waals surface area contributed by atoms with Gasteiger partial charge in [-0.3, -0.25) is 9.48 Å². The Hall–Kier alpha value is -1.95. The third-order valence-corrected chi connectivity index (χ3v) is 4.75. The Balaban J connectivity index is 1.73. The summed E-state index contributed by atoms with van der Waals surface area (Å²) >= 11 is 1.80. The molecule has 5 nitrogen and oxygen atoms in total. The number of benzene rings is 1. The molecule has 1 amide bonds. The number of hydrogen-bond donors (Lipinski definition) is 1. The van der Waals surface area contributed by atoms with Gasteiger partial charge in [0.15, 0.2) is 0 Å². The van der Waals surface area contributed by atoms with Crippen molar-refractivity contribution in [3.8, 4) is 0 Å². The summed E-state index contributed by atoms with van der Waals surface area (Å²) < 4.78 is 1.84. The minimum atomic E-state index is -0.286. The Morgan fingerprint density at radius 3 is 3.05 bits per heavy atom. The summed E-state index contributed by atoms with van der Waals surface area (Å²) in [6.45, 7) is 5.51. The van der Waals surface area contributed by atoms with E-state index in [4.69, 9.17) is 0 Å². The van der Waals surface area contributed by atoms with E-state index in [0.29, 0.717) is 0 Å². The van der Waals surface area contributed by atoms with Crippen LogP contribution in [-0.4, -0.2) is 34.0 Å². The quantitative estimate of drug-likeness (QED) is 0.942. The van der Waals surface area contributed by atoms with E-state index >= 15 is 0 Å². The molecule has 0 aliphatic carbocycles. The number of aromatic nitrogens is 2. The molecule has 1 aliphatic heterocycles. The maximum atomic E-state index is 12.8. The topological polar surface area (TPSA) is 50.2 Å². The number of rotatable bonds is 4. The predicted molar refractivity (Wildman–Crippen MR) is 90.5 cm³/mol. The molecule has 116 valence electrons. The zero-order chi connectivity index (χ0) is 15.5. The van der Waals surface area contributed by atoms with Crippen molar-refractivity contribution in [1.82, 2.24) is 9.78 Å². The normalized spacial score (nSPS) is 15.3. The van der Waals surface area contributed by atoms with Crippen LogP contribution in [0.4, 0.5) is 11.4 Å². The molecule has 6 heteroatoms. The first kappa shape index (κ1) is 15.0. The Kier molecular flexibility index (Phi) is 4.38. The zero-order valence-corrected chi connectivity index (χ0v) is 13.6. The fourth-order valence-corrected chi connectivity index (χ4v) is 3.55. The Morgan fingerprint density at radius 1 is 1.45 bits per heavy atom. The van der Waals surface area contributed by atoms with Crippen LogP contribution in [-0.2, 0) is 11.3 Å². The van der Waals surface area contributed by atoms with Crippen LogP contribution >= 0.6 is 11.8 Å². The van der Waals surface area contributed by atoms with Gasteiger partial charge in [0.1, 0.15) is 6.04 Å². The molecule has 1 N–H and O–H groups in total. The lowest BCUT2D eigenvalue weighted by Gasteiger charge is -2.31. The van der Waals surface area contributed by atoms with Crippen LogP contribution in [0.3, 0.4) is 0 Å². The number of hydrogen-bond acceptors (Lipinski definition) is 4. The summed E-state index contributed by atoms with van der Waals surface area (Å²) in [6.07, 6.45) is 3.68. The van der Waals surface area contributed by atoms with Crippen molar-refractivity contribution in [2.75, 3.05) is 22.5 Å². The van der Waals surface area contributed by atoms with E-state index in [1.54, 1.807) is 18.0 Å². The standard InChI is InChI=1S/C16H20N4OS/c1-3-19-11-13(10-17-19)18-12(2)16(21)20-8-9-22-15-7-5-4-6-14(15)20/h4-7,10-12,18H,3,8-9H2,1-2H3/t12-/m1/s1. The van der Waals surface area contributed by atoms with E-state index in [2.05, 4.69) is 16.5 Å². The summed E-state index contributed by atoms with van der Waals surface area (Å²) in [5.41, 5.74) is 1.89. The number of para-hydroxylation sites is 1. The minimum Gasteiger partial charge on any atom is -0.371 e. The third-order valence-electron chi connectivity index (χ3n) is 3.71. The fourth-order valence-electron chi connectivity index (χ4n) is 2.55. The number of aryl methyl sites for hydroxylation is 1. The number of carbonyl (C=O) groups excluding carboxylic acids is 1. The molecular weight excluding hydrogens is 296 g/mol. The maximum Gasteiger partial charge on any atom is 0.249 e. The van der Waals surface area contributed by atoms with Gasteiger partial charge in [-0.25, -0.2) is 0 Å². The highest BCUT2D eigenvalue weighted by atomic mass is 32.2. The first-order valence-electron chi connectivity index (χ1n) is 7.51. The van der Waals surface area contributed by atoms with E-state index in [-0.39, 0.29) is 11.9 Å². The van der Waals surface area contributed by atoms with Gasteiger partial charge in [0, 0.05) is 29.9 Å². The van der Waals surface area contributed by atoms with Crippen LogP contribution in [0.15, 0.2) is 41.6 Å². The Morgan fingerprint density at radius 2 is 2.27 bits per heavy atom. The molecule has 2 aromatic rings. The van der Waals surface area contributed by atoms with Crippen molar-refractivity contribution >= 4 is 29.0 Å². The summed E-state index contributed by atoms with van der Waals surface area (Å²) in [7, 11) is 0. The summed E-state index contributed by atoms with van der Waals surface area (Å²) in [6, 6.07) is 7.80. The van der Waals surface area contributed by atoms with Gasteiger partial charge < -0.3 is 10.2 Å². The van der Waals surface area contributed by atoms with Crippen LogP contribution in [0.2, 0.25) is 0 Å². The number of carbonyl (C=O) groups is 1. The van der Waals surface area contributed by atoms with E-state index in [0.717, 1.165) is 30.2 Å². The average molecular weight is 316 g/mol. The molecule has 0 spiro atoms. The molecule has 0 saturated carbocycles. The monoisotopic (exact) mass is 316 g/mol. The molecule has 0 radical (unpaired) electrons. The van der Waals surface area contributed by atoms with Crippen molar-refractivity contribution in [1.29, 1.82) is 0 Å². The van der Waals surface area contributed by atoms with Crippen LogP contribution in [0.5, 0.6) is 0 Å². The van der Waals surface area contributed by atoms with Gasteiger partial charge in [-0.15, -0.1) is 11.8 Å². The van der Waals surface area contributed by atoms with Gasteiger partial charge in [0.25, 0.3) is 0 Å². The minimum absolute atomic E-state index is 0.0944. The number of nitrogens with one attached hydrogen (secondary N) is 1. The van der Waals surface area contributed by atoms with Gasteiger partial charge in [-0.2, -0.15) is 5.10 Å². The maximum absolute atomic E-state index is 12.8. The molecule has 0 unspecified atom stereocenters. The lowest BCUT2D eigenvalue weighted by molar-refractivity contribution is -0.119. The molecule has 1 aromatic carbocycles. The molecule has 1 atom stereocenters. The highest BCUT2D eigenvalue weighted by Crippen LogP contribution is 2.34. The Bertz CT molecular complexity index is 670. The molecule has 3 rings (SSSR count). The van der Waals surface area contributed by atoms with Crippen molar-refractivity contribution in [3.63, 3.8) is 0 Å². The smallest absolute Gasteiger partial charge is 0.249 e. The van der Waals surface area contributed by atoms with E-state index in [1.807, 2.05) is 47.8 Å². The van der Waals surface area contributed by atoms with Crippen LogP contribution in [0.1, 0.15) is 13.8 Å². The molecule has 22 heavy (non-hydrogen) atoms. The molecule has 0 saturated heterocycles. The second-order valence-electron chi connectivity index (χ2n) is 5.26. The predicted octanol–water partition coefficient (Wildman–Crippen LogP) is 2.84. The molecule has 0 fully saturated rings. The number of thioether (sulfide) groups is 1. The average Bonchev–Trinajstić information content (AvgIpc) is 3.01. The highest BCUT2D eigenvalue weighted by molar-refractivity contribution is 7.99. The van der Waals surface area contributed by atoms with Crippen LogP contribution < -0.4 is 10.2 Å². The van der Waals surface area contributed by atoms with Gasteiger partial charge in [-0.05, 0) is 26.0 Å². The summed E-state index contributed by atoms with van der Waals surface area (Å²) in [5.74, 6) is 1.03. The largest absolute Gasteiger partial charge is 0.371 e. The van der Waals surface area contributed by atoms with Gasteiger partial charge in [0.2, 0.25) is 5.91 Å². The van der Waals surface area contributed by atoms with Crippen molar-refractivity contribution < 1.29 is 4.79 Å². The lowest BCUT2D eigenvalue weighted by Crippen LogP contribution is -2.44. The second-order valence-corrected chi connectivity index (χ2v) is 6.39.